The molecule has 0 spiro atoms. The van der Waals surface area contributed by atoms with Crippen molar-refractivity contribution >= 4 is 39.0 Å². The molecule has 0 radical (unpaired) electrons. The van der Waals surface area contributed by atoms with Crippen LogP contribution in [0.1, 0.15) is 13.8 Å². The van der Waals surface area contributed by atoms with E-state index in [2.05, 4.69) is 47.3 Å². The molecule has 0 fully saturated rings. The SMILES string of the molecule is CC(C)C(CBr)CSc1cccs1. The van der Waals surface area contributed by atoms with Gasteiger partial charge < -0.3 is 0 Å². The summed E-state index contributed by atoms with van der Waals surface area (Å²) in [5.74, 6) is 2.78. The molecule has 0 N–H and O–H groups in total. The van der Waals surface area contributed by atoms with Crippen molar-refractivity contribution in [3.63, 3.8) is 0 Å². The van der Waals surface area contributed by atoms with E-state index in [1.807, 2.05) is 23.1 Å². The second kappa shape index (κ2) is 6.10. The van der Waals surface area contributed by atoms with Crippen LogP contribution in [0.5, 0.6) is 0 Å². The molecule has 1 aromatic rings. The van der Waals surface area contributed by atoms with Crippen LogP contribution < -0.4 is 0 Å². The molecule has 74 valence electrons. The number of halogens is 1. The number of hydrogen-bond donors (Lipinski definition) is 0. The third kappa shape index (κ3) is 4.05. The molecule has 0 aliphatic carbocycles. The zero-order valence-electron chi connectivity index (χ0n) is 8.00. The van der Waals surface area contributed by atoms with E-state index in [9.17, 15) is 0 Å². The fourth-order valence-electron chi connectivity index (χ4n) is 0.950. The zero-order chi connectivity index (χ0) is 9.68. The molecule has 0 saturated heterocycles. The molecule has 0 amide bonds. The Hall–Kier alpha value is 0.530. The maximum absolute atomic E-state index is 3.57. The summed E-state index contributed by atoms with van der Waals surface area (Å²) in [7, 11) is 0. The Bertz CT molecular complexity index is 219. The molecule has 1 rings (SSSR count). The first-order chi connectivity index (χ1) is 6.24. The lowest BCUT2D eigenvalue weighted by molar-refractivity contribution is 0.475. The highest BCUT2D eigenvalue weighted by Gasteiger charge is 2.12. The molecule has 1 heterocycles. The van der Waals surface area contributed by atoms with Crippen molar-refractivity contribution in [3.05, 3.63) is 17.5 Å². The topological polar surface area (TPSA) is 0 Å². The van der Waals surface area contributed by atoms with Gasteiger partial charge in [-0.2, -0.15) is 0 Å². The van der Waals surface area contributed by atoms with Gasteiger partial charge in [-0.3, -0.25) is 0 Å². The van der Waals surface area contributed by atoms with Crippen LogP contribution in [0.4, 0.5) is 0 Å². The van der Waals surface area contributed by atoms with Crippen molar-refractivity contribution in [3.8, 4) is 0 Å². The maximum Gasteiger partial charge on any atom is 0.0598 e. The molecule has 3 heteroatoms. The van der Waals surface area contributed by atoms with Gasteiger partial charge in [0.05, 0.1) is 4.21 Å². The lowest BCUT2D eigenvalue weighted by Gasteiger charge is -2.16. The van der Waals surface area contributed by atoms with E-state index in [4.69, 9.17) is 0 Å². The van der Waals surface area contributed by atoms with Gasteiger partial charge in [-0.05, 0) is 23.3 Å². The Balaban J connectivity index is 2.32. The minimum Gasteiger partial charge on any atom is -0.137 e. The lowest BCUT2D eigenvalue weighted by atomic mass is 10.0. The number of thiophene rings is 1. The van der Waals surface area contributed by atoms with E-state index in [0.717, 1.165) is 17.2 Å². The molecular formula is C10H15BrS2. The Morgan fingerprint density at radius 1 is 1.54 bits per heavy atom. The van der Waals surface area contributed by atoms with E-state index in [0.29, 0.717) is 0 Å². The van der Waals surface area contributed by atoms with Crippen LogP contribution in [0.25, 0.3) is 0 Å². The van der Waals surface area contributed by atoms with Gasteiger partial charge in [-0.1, -0.05) is 35.8 Å². The number of thioether (sulfide) groups is 1. The van der Waals surface area contributed by atoms with E-state index in [1.165, 1.54) is 9.96 Å². The van der Waals surface area contributed by atoms with Crippen LogP contribution in [0.2, 0.25) is 0 Å². The number of hydrogen-bond acceptors (Lipinski definition) is 2. The molecule has 0 nitrogen and oxygen atoms in total. The maximum atomic E-state index is 3.57. The summed E-state index contributed by atoms with van der Waals surface area (Å²) in [5.41, 5.74) is 0. The molecular weight excluding hydrogens is 264 g/mol. The fraction of sp³-hybridized carbons (Fsp3) is 0.600. The van der Waals surface area contributed by atoms with Gasteiger partial charge in [0.25, 0.3) is 0 Å². The molecule has 1 atom stereocenters. The molecule has 13 heavy (non-hydrogen) atoms. The average Bonchev–Trinajstić information content (AvgIpc) is 2.57. The van der Waals surface area contributed by atoms with Gasteiger partial charge in [0.15, 0.2) is 0 Å². The summed E-state index contributed by atoms with van der Waals surface area (Å²) in [4.78, 5) is 0. The van der Waals surface area contributed by atoms with E-state index < -0.39 is 0 Å². The van der Waals surface area contributed by atoms with Crippen LogP contribution >= 0.6 is 39.0 Å². The Kier molecular flexibility index (Phi) is 5.44. The first kappa shape index (κ1) is 11.6. The van der Waals surface area contributed by atoms with E-state index in [-0.39, 0.29) is 0 Å². The molecule has 0 bridgehead atoms. The highest BCUT2D eigenvalue weighted by atomic mass is 79.9. The quantitative estimate of drug-likeness (QED) is 0.564. The van der Waals surface area contributed by atoms with Crippen molar-refractivity contribution < 1.29 is 0 Å². The summed E-state index contributed by atoms with van der Waals surface area (Å²) in [6.45, 7) is 4.59. The van der Waals surface area contributed by atoms with E-state index >= 15 is 0 Å². The second-order valence-corrected chi connectivity index (χ2v) is 6.32. The highest BCUT2D eigenvalue weighted by molar-refractivity contribution is 9.09. The smallest absolute Gasteiger partial charge is 0.0598 e. The van der Waals surface area contributed by atoms with Gasteiger partial charge in [-0.25, -0.2) is 0 Å². The average molecular weight is 279 g/mol. The van der Waals surface area contributed by atoms with Gasteiger partial charge in [0.2, 0.25) is 0 Å². The van der Waals surface area contributed by atoms with Gasteiger partial charge in [0.1, 0.15) is 0 Å². The van der Waals surface area contributed by atoms with Crippen LogP contribution in [-0.4, -0.2) is 11.1 Å². The van der Waals surface area contributed by atoms with Crippen molar-refractivity contribution in [2.75, 3.05) is 11.1 Å². The zero-order valence-corrected chi connectivity index (χ0v) is 11.2. The number of rotatable bonds is 5. The van der Waals surface area contributed by atoms with Crippen LogP contribution in [0, 0.1) is 11.8 Å². The minimum absolute atomic E-state index is 0.770. The second-order valence-electron chi connectivity index (χ2n) is 3.40. The largest absolute Gasteiger partial charge is 0.137 e. The Labute approximate surface area is 97.3 Å². The third-order valence-electron chi connectivity index (χ3n) is 2.08. The fourth-order valence-corrected chi connectivity index (χ4v) is 4.38. The summed E-state index contributed by atoms with van der Waals surface area (Å²) in [6.07, 6.45) is 0. The summed E-state index contributed by atoms with van der Waals surface area (Å²) < 4.78 is 1.44. The van der Waals surface area contributed by atoms with Gasteiger partial charge >= 0.3 is 0 Å². The van der Waals surface area contributed by atoms with Crippen molar-refractivity contribution in [2.24, 2.45) is 11.8 Å². The molecule has 1 unspecified atom stereocenters. The van der Waals surface area contributed by atoms with E-state index in [1.54, 1.807) is 0 Å². The summed E-state index contributed by atoms with van der Waals surface area (Å²) in [6, 6.07) is 4.31. The standard InChI is InChI=1S/C10H15BrS2/c1-8(2)9(6-11)7-13-10-4-3-5-12-10/h3-5,8-9H,6-7H2,1-2H3. The highest BCUT2D eigenvalue weighted by Crippen LogP contribution is 2.28. The molecule has 1 aromatic heterocycles. The van der Waals surface area contributed by atoms with Crippen LogP contribution in [-0.2, 0) is 0 Å². The first-order valence-electron chi connectivity index (χ1n) is 4.46. The monoisotopic (exact) mass is 278 g/mol. The number of alkyl halides is 1. The Morgan fingerprint density at radius 2 is 2.31 bits per heavy atom. The van der Waals surface area contributed by atoms with Crippen LogP contribution in [0.3, 0.4) is 0 Å². The predicted molar refractivity (Wildman–Crippen MR) is 67.2 cm³/mol. The molecule has 0 aliphatic rings. The minimum atomic E-state index is 0.770. The third-order valence-corrected chi connectivity index (χ3v) is 5.23. The normalized spacial score (nSPS) is 13.5. The molecule has 0 aromatic carbocycles. The lowest BCUT2D eigenvalue weighted by Crippen LogP contribution is -2.12. The van der Waals surface area contributed by atoms with Gasteiger partial charge in [0, 0.05) is 11.1 Å². The first-order valence-corrected chi connectivity index (χ1v) is 7.45. The predicted octanol–water partition coefficient (Wildman–Crippen LogP) is 4.51. The molecule has 0 saturated carbocycles. The summed E-state index contributed by atoms with van der Waals surface area (Å²) >= 11 is 7.38. The van der Waals surface area contributed by atoms with Crippen molar-refractivity contribution in [1.82, 2.24) is 0 Å². The van der Waals surface area contributed by atoms with Crippen molar-refractivity contribution in [1.29, 1.82) is 0 Å². The summed E-state index contributed by atoms with van der Waals surface area (Å²) in [5, 5.41) is 3.25. The molecule has 0 aliphatic heterocycles. The van der Waals surface area contributed by atoms with Gasteiger partial charge in [-0.15, -0.1) is 23.1 Å². The van der Waals surface area contributed by atoms with Crippen LogP contribution in [0.15, 0.2) is 21.7 Å². The Morgan fingerprint density at radius 3 is 2.77 bits per heavy atom. The van der Waals surface area contributed by atoms with Crippen molar-refractivity contribution in [2.45, 2.75) is 18.1 Å².